The summed E-state index contributed by atoms with van der Waals surface area (Å²) in [5, 5.41) is 3.05. The number of fused-ring (bicyclic) bond motifs is 1. The van der Waals surface area contributed by atoms with Crippen LogP contribution in [0.1, 0.15) is 11.3 Å². The van der Waals surface area contributed by atoms with Crippen molar-refractivity contribution in [3.05, 3.63) is 47.8 Å². The molecule has 1 aromatic carbocycles. The molecule has 0 spiro atoms. The van der Waals surface area contributed by atoms with Gasteiger partial charge in [-0.25, -0.2) is 8.42 Å². The predicted molar refractivity (Wildman–Crippen MR) is 82.9 cm³/mol. The highest BCUT2D eigenvalue weighted by atomic mass is 32.2. The maximum absolute atomic E-state index is 12.9. The second kappa shape index (κ2) is 5.20. The van der Waals surface area contributed by atoms with Gasteiger partial charge in [0.05, 0.1) is 5.69 Å². The Morgan fingerprint density at radius 2 is 2.05 bits per heavy atom. The molecule has 1 aliphatic heterocycles. The van der Waals surface area contributed by atoms with E-state index in [1.54, 1.807) is 12.3 Å². The smallest absolute Gasteiger partial charge is 0.265 e. The molecule has 2 aromatic rings. The highest BCUT2D eigenvalue weighted by Gasteiger charge is 2.31. The third-order valence-corrected chi connectivity index (χ3v) is 5.65. The molecule has 5 nitrogen and oxygen atoms in total. The molecule has 1 aliphatic rings. The summed E-state index contributed by atoms with van der Waals surface area (Å²) in [6.07, 6.45) is 2.45. The molecule has 0 fully saturated rings. The lowest BCUT2D eigenvalue weighted by molar-refractivity contribution is 0.592. The summed E-state index contributed by atoms with van der Waals surface area (Å²) in [5.74, 6) is 0. The van der Waals surface area contributed by atoms with Crippen LogP contribution in [0.3, 0.4) is 0 Å². The lowest BCUT2D eigenvalue weighted by atomic mass is 10.2. The summed E-state index contributed by atoms with van der Waals surface area (Å²) in [6.45, 7) is 1.15. The molecule has 2 heterocycles. The van der Waals surface area contributed by atoms with E-state index in [1.165, 1.54) is 4.31 Å². The van der Waals surface area contributed by atoms with Gasteiger partial charge in [-0.05, 0) is 31.2 Å². The van der Waals surface area contributed by atoms with E-state index in [1.807, 2.05) is 42.9 Å². The molecule has 0 aliphatic carbocycles. The van der Waals surface area contributed by atoms with Crippen molar-refractivity contribution in [2.24, 2.45) is 7.05 Å². The van der Waals surface area contributed by atoms with Crippen LogP contribution in [0.15, 0.2) is 41.4 Å². The van der Waals surface area contributed by atoms with E-state index in [4.69, 9.17) is 0 Å². The Bertz CT molecular complexity index is 765. The summed E-state index contributed by atoms with van der Waals surface area (Å²) in [7, 11) is 0.222. The quantitative estimate of drug-likeness (QED) is 0.931. The first-order valence-corrected chi connectivity index (χ1v) is 8.38. The van der Waals surface area contributed by atoms with Crippen LogP contribution in [0, 0.1) is 0 Å². The van der Waals surface area contributed by atoms with Crippen LogP contribution in [0.2, 0.25) is 0 Å². The Labute approximate surface area is 125 Å². The maximum Gasteiger partial charge on any atom is 0.265 e. The highest BCUT2D eigenvalue weighted by molar-refractivity contribution is 7.92. The second-order valence-electron chi connectivity index (χ2n) is 5.26. The fraction of sp³-hybridized carbons (Fsp3) is 0.333. The number of benzene rings is 1. The number of rotatable bonds is 4. The Kier molecular flexibility index (Phi) is 3.51. The van der Waals surface area contributed by atoms with Crippen LogP contribution in [0.5, 0.6) is 0 Å². The van der Waals surface area contributed by atoms with E-state index in [-0.39, 0.29) is 0 Å². The first-order valence-electron chi connectivity index (χ1n) is 6.94. The maximum atomic E-state index is 12.9. The second-order valence-corrected chi connectivity index (χ2v) is 7.13. The van der Waals surface area contributed by atoms with Gasteiger partial charge >= 0.3 is 0 Å². The molecule has 0 unspecified atom stereocenters. The molecule has 21 heavy (non-hydrogen) atoms. The van der Waals surface area contributed by atoms with E-state index in [0.717, 1.165) is 23.4 Å². The van der Waals surface area contributed by atoms with Gasteiger partial charge in [0.2, 0.25) is 0 Å². The number of nitrogens with zero attached hydrogens (tertiary/aromatic N) is 2. The van der Waals surface area contributed by atoms with Gasteiger partial charge in [0, 0.05) is 32.0 Å². The molecule has 0 saturated carbocycles. The number of para-hydroxylation sites is 1. The monoisotopic (exact) mass is 305 g/mol. The van der Waals surface area contributed by atoms with Crippen molar-refractivity contribution in [1.82, 2.24) is 9.88 Å². The minimum atomic E-state index is -3.49. The van der Waals surface area contributed by atoms with E-state index >= 15 is 0 Å². The highest BCUT2D eigenvalue weighted by Crippen LogP contribution is 2.32. The largest absolute Gasteiger partial charge is 0.352 e. The van der Waals surface area contributed by atoms with Crippen molar-refractivity contribution >= 4 is 15.7 Å². The summed E-state index contributed by atoms with van der Waals surface area (Å²) in [6, 6.07) is 9.43. The molecule has 0 saturated heterocycles. The van der Waals surface area contributed by atoms with Gasteiger partial charge in [-0.15, -0.1) is 0 Å². The number of anilines is 1. The average molecular weight is 305 g/mol. The summed E-state index contributed by atoms with van der Waals surface area (Å²) in [5.41, 5.74) is 2.84. The zero-order valence-corrected chi connectivity index (χ0v) is 13.0. The minimum absolute atomic E-state index is 0.354. The lowest BCUT2D eigenvalue weighted by Crippen LogP contribution is -2.28. The molecule has 112 valence electrons. The van der Waals surface area contributed by atoms with Crippen molar-refractivity contribution < 1.29 is 8.42 Å². The van der Waals surface area contributed by atoms with Crippen molar-refractivity contribution in [2.75, 3.05) is 17.9 Å². The SMILES string of the molecule is CNCc1cc(S(=O)(=O)N2CCc3ccccc32)cn1C. The van der Waals surface area contributed by atoms with Gasteiger partial charge in [-0.2, -0.15) is 0 Å². The number of aromatic nitrogens is 1. The number of hydrogen-bond acceptors (Lipinski definition) is 3. The molecule has 3 rings (SSSR count). The van der Waals surface area contributed by atoms with Crippen LogP contribution >= 0.6 is 0 Å². The van der Waals surface area contributed by atoms with Crippen LogP contribution in [-0.4, -0.2) is 26.6 Å². The van der Waals surface area contributed by atoms with E-state index in [9.17, 15) is 8.42 Å². The van der Waals surface area contributed by atoms with Crippen molar-refractivity contribution in [2.45, 2.75) is 17.9 Å². The number of sulfonamides is 1. The number of nitrogens with one attached hydrogen (secondary N) is 1. The zero-order chi connectivity index (χ0) is 15.0. The average Bonchev–Trinajstić information content (AvgIpc) is 3.04. The minimum Gasteiger partial charge on any atom is -0.352 e. The summed E-state index contributed by atoms with van der Waals surface area (Å²) < 4.78 is 29.1. The summed E-state index contributed by atoms with van der Waals surface area (Å²) >= 11 is 0. The standard InChI is InChI=1S/C15H19N3O2S/c1-16-10-13-9-14(11-17(13)2)21(19,20)18-8-7-12-5-3-4-6-15(12)18/h3-6,9,11,16H,7-8,10H2,1-2H3. The third-order valence-electron chi connectivity index (χ3n) is 3.87. The van der Waals surface area contributed by atoms with Crippen LogP contribution in [-0.2, 0) is 30.0 Å². The van der Waals surface area contributed by atoms with E-state index < -0.39 is 10.0 Å². The molecule has 0 radical (unpaired) electrons. The molecule has 0 atom stereocenters. The van der Waals surface area contributed by atoms with Crippen molar-refractivity contribution in [3.8, 4) is 0 Å². The topological polar surface area (TPSA) is 54.3 Å². The molecule has 0 bridgehead atoms. The molecular weight excluding hydrogens is 286 g/mol. The van der Waals surface area contributed by atoms with Crippen LogP contribution in [0.4, 0.5) is 5.69 Å². The van der Waals surface area contributed by atoms with Crippen LogP contribution in [0.25, 0.3) is 0 Å². The first-order chi connectivity index (χ1) is 10.0. The summed E-state index contributed by atoms with van der Waals surface area (Å²) in [4.78, 5) is 0.354. The van der Waals surface area contributed by atoms with Gasteiger partial charge in [-0.1, -0.05) is 18.2 Å². The Morgan fingerprint density at radius 1 is 1.29 bits per heavy atom. The molecule has 1 aromatic heterocycles. The van der Waals surface area contributed by atoms with E-state index in [0.29, 0.717) is 18.0 Å². The first kappa shape index (κ1) is 14.2. The van der Waals surface area contributed by atoms with E-state index in [2.05, 4.69) is 5.32 Å². The van der Waals surface area contributed by atoms with Gasteiger partial charge in [0.15, 0.2) is 0 Å². The Balaban J connectivity index is 2.00. The number of aryl methyl sites for hydroxylation is 1. The fourth-order valence-corrected chi connectivity index (χ4v) is 4.36. The van der Waals surface area contributed by atoms with Gasteiger partial charge < -0.3 is 9.88 Å². The Hall–Kier alpha value is -1.79. The van der Waals surface area contributed by atoms with Gasteiger partial charge in [0.1, 0.15) is 4.90 Å². The normalized spacial score (nSPS) is 14.5. The lowest BCUT2D eigenvalue weighted by Gasteiger charge is -2.18. The van der Waals surface area contributed by atoms with Crippen LogP contribution < -0.4 is 9.62 Å². The van der Waals surface area contributed by atoms with Gasteiger partial charge in [0.25, 0.3) is 10.0 Å². The van der Waals surface area contributed by atoms with Crippen molar-refractivity contribution in [3.63, 3.8) is 0 Å². The Morgan fingerprint density at radius 3 is 2.81 bits per heavy atom. The predicted octanol–water partition coefficient (Wildman–Crippen LogP) is 1.50. The third kappa shape index (κ3) is 2.34. The molecular formula is C15H19N3O2S. The zero-order valence-electron chi connectivity index (χ0n) is 12.2. The van der Waals surface area contributed by atoms with Crippen molar-refractivity contribution in [1.29, 1.82) is 0 Å². The fourth-order valence-electron chi connectivity index (χ4n) is 2.76. The molecule has 0 amide bonds. The molecule has 1 N–H and O–H groups in total. The molecule has 6 heteroatoms. The number of hydrogen-bond donors (Lipinski definition) is 1. The van der Waals surface area contributed by atoms with Gasteiger partial charge in [-0.3, -0.25) is 4.31 Å².